The first-order chi connectivity index (χ1) is 9.97. The monoisotopic (exact) mass is 327 g/mol. The highest BCUT2D eigenvalue weighted by Gasteiger charge is 2.19. The van der Waals surface area contributed by atoms with Gasteiger partial charge in [-0.25, -0.2) is 0 Å². The highest BCUT2D eigenvalue weighted by Crippen LogP contribution is 2.29. The molecule has 1 aromatic carbocycles. The molecule has 1 fully saturated rings. The third-order valence-corrected chi connectivity index (χ3v) is 5.33. The van der Waals surface area contributed by atoms with Crippen LogP contribution in [0.15, 0.2) is 12.1 Å². The Hall–Kier alpha value is -0.730. The maximum absolute atomic E-state index is 12.1. The van der Waals surface area contributed by atoms with Crippen LogP contribution >= 0.6 is 23.2 Å². The van der Waals surface area contributed by atoms with E-state index in [2.05, 4.69) is 12.2 Å². The molecule has 0 aromatic heterocycles. The Bertz CT molecular complexity index is 508. The second-order valence-corrected chi connectivity index (χ2v) is 7.05. The lowest BCUT2D eigenvalue weighted by molar-refractivity contribution is -0.120. The number of nitrogens with one attached hydrogen (secondary N) is 1. The van der Waals surface area contributed by atoms with Crippen LogP contribution in [-0.4, -0.2) is 12.5 Å². The largest absolute Gasteiger partial charge is 0.356 e. The predicted octanol–water partition coefficient (Wildman–Crippen LogP) is 4.79. The quantitative estimate of drug-likeness (QED) is 0.846. The summed E-state index contributed by atoms with van der Waals surface area (Å²) in [6.45, 7) is 5.04. The van der Waals surface area contributed by atoms with Crippen molar-refractivity contribution in [3.8, 4) is 0 Å². The molecule has 116 valence electrons. The summed E-state index contributed by atoms with van der Waals surface area (Å²) >= 11 is 12.2. The summed E-state index contributed by atoms with van der Waals surface area (Å²) in [7, 11) is 0. The van der Waals surface area contributed by atoms with Crippen LogP contribution in [0.3, 0.4) is 0 Å². The number of carbonyl (C=O) groups excluding carboxylic acids is 1. The van der Waals surface area contributed by atoms with E-state index in [1.807, 2.05) is 13.0 Å². The van der Waals surface area contributed by atoms with Gasteiger partial charge in [0.2, 0.25) is 5.91 Å². The van der Waals surface area contributed by atoms with Crippen LogP contribution in [0.4, 0.5) is 0 Å². The number of rotatable bonds is 4. The van der Waals surface area contributed by atoms with Gasteiger partial charge >= 0.3 is 0 Å². The lowest BCUT2D eigenvalue weighted by Gasteiger charge is -2.26. The zero-order valence-corrected chi connectivity index (χ0v) is 14.2. The van der Waals surface area contributed by atoms with Crippen LogP contribution in [-0.2, 0) is 11.2 Å². The fraction of sp³-hybridized carbons (Fsp3) is 0.588. The number of halogens is 2. The van der Waals surface area contributed by atoms with Gasteiger partial charge in [-0.15, -0.1) is 0 Å². The number of hydrogen-bond acceptors (Lipinski definition) is 1. The molecule has 1 saturated carbocycles. The second-order valence-electron chi connectivity index (χ2n) is 6.26. The molecule has 1 aromatic rings. The van der Waals surface area contributed by atoms with Crippen LogP contribution in [0.25, 0.3) is 0 Å². The van der Waals surface area contributed by atoms with Gasteiger partial charge in [-0.3, -0.25) is 4.79 Å². The summed E-state index contributed by atoms with van der Waals surface area (Å²) < 4.78 is 0. The highest BCUT2D eigenvalue weighted by molar-refractivity contribution is 6.42. The minimum atomic E-state index is 0.0286. The molecular weight excluding hydrogens is 305 g/mol. The molecule has 0 atom stereocenters. The molecule has 0 aliphatic heterocycles. The molecular formula is C17H23Cl2NO. The predicted molar refractivity (Wildman–Crippen MR) is 89.0 cm³/mol. The molecule has 1 amide bonds. The van der Waals surface area contributed by atoms with Crippen LogP contribution in [0, 0.1) is 18.8 Å². The summed E-state index contributed by atoms with van der Waals surface area (Å²) in [6, 6.07) is 3.67. The molecule has 2 nitrogen and oxygen atoms in total. The zero-order valence-electron chi connectivity index (χ0n) is 12.7. The van der Waals surface area contributed by atoms with E-state index < -0.39 is 0 Å². The van der Waals surface area contributed by atoms with Crippen molar-refractivity contribution in [2.75, 3.05) is 6.54 Å². The maximum Gasteiger partial charge on any atom is 0.224 e. The van der Waals surface area contributed by atoms with E-state index in [0.29, 0.717) is 22.4 Å². The van der Waals surface area contributed by atoms with E-state index in [1.165, 1.54) is 25.7 Å². The average Bonchev–Trinajstić information content (AvgIpc) is 2.47. The number of carbonyl (C=O) groups is 1. The van der Waals surface area contributed by atoms with E-state index in [9.17, 15) is 4.79 Å². The second kappa shape index (κ2) is 7.51. The Morgan fingerprint density at radius 1 is 1.24 bits per heavy atom. The Morgan fingerprint density at radius 2 is 1.90 bits per heavy atom. The Labute approximate surface area is 137 Å². The number of amides is 1. The third-order valence-electron chi connectivity index (χ3n) is 4.49. The van der Waals surface area contributed by atoms with Crippen molar-refractivity contribution in [1.82, 2.24) is 5.32 Å². The molecule has 2 rings (SSSR count). The van der Waals surface area contributed by atoms with E-state index in [1.54, 1.807) is 6.07 Å². The molecule has 0 bridgehead atoms. The Balaban J connectivity index is 1.86. The Morgan fingerprint density at radius 3 is 2.57 bits per heavy atom. The van der Waals surface area contributed by atoms with Gasteiger partial charge in [-0.1, -0.05) is 49.0 Å². The van der Waals surface area contributed by atoms with Gasteiger partial charge in [0.25, 0.3) is 0 Å². The molecule has 1 aliphatic carbocycles. The normalized spacial score (nSPS) is 22.1. The zero-order chi connectivity index (χ0) is 15.4. The van der Waals surface area contributed by atoms with Crippen molar-refractivity contribution >= 4 is 29.1 Å². The van der Waals surface area contributed by atoms with Gasteiger partial charge in [0, 0.05) is 6.54 Å². The molecule has 0 saturated heterocycles. The van der Waals surface area contributed by atoms with Gasteiger partial charge in [-0.05, 0) is 48.8 Å². The molecule has 1 aliphatic rings. The van der Waals surface area contributed by atoms with E-state index >= 15 is 0 Å². The molecule has 0 heterocycles. The minimum Gasteiger partial charge on any atom is -0.356 e. The standard InChI is InChI=1S/C17H23Cl2NO/c1-11-3-6-13(7-4-11)10-20-16(21)9-14-12(2)5-8-15(18)17(14)19/h5,8,11,13H,3-4,6-7,9-10H2,1-2H3,(H,20,21). The van der Waals surface area contributed by atoms with Gasteiger partial charge in [0.15, 0.2) is 0 Å². The van der Waals surface area contributed by atoms with Gasteiger partial charge in [0.1, 0.15) is 0 Å². The van der Waals surface area contributed by atoms with Crippen molar-refractivity contribution in [2.45, 2.75) is 46.0 Å². The highest BCUT2D eigenvalue weighted by atomic mass is 35.5. The van der Waals surface area contributed by atoms with Gasteiger partial charge < -0.3 is 5.32 Å². The molecule has 4 heteroatoms. The van der Waals surface area contributed by atoms with Crippen LogP contribution < -0.4 is 5.32 Å². The van der Waals surface area contributed by atoms with Gasteiger partial charge in [-0.2, -0.15) is 0 Å². The van der Waals surface area contributed by atoms with Gasteiger partial charge in [0.05, 0.1) is 16.5 Å². The van der Waals surface area contributed by atoms with E-state index in [4.69, 9.17) is 23.2 Å². The lowest BCUT2D eigenvalue weighted by atomic mass is 9.83. The van der Waals surface area contributed by atoms with Crippen LogP contribution in [0.1, 0.15) is 43.7 Å². The maximum atomic E-state index is 12.1. The summed E-state index contributed by atoms with van der Waals surface area (Å²) in [5, 5.41) is 4.05. The molecule has 1 N–H and O–H groups in total. The van der Waals surface area contributed by atoms with E-state index in [0.717, 1.165) is 23.6 Å². The third kappa shape index (κ3) is 4.62. The summed E-state index contributed by atoms with van der Waals surface area (Å²) in [6.07, 6.45) is 5.30. The van der Waals surface area contributed by atoms with Crippen LogP contribution in [0.5, 0.6) is 0 Å². The molecule has 0 unspecified atom stereocenters. The smallest absolute Gasteiger partial charge is 0.224 e. The first-order valence-electron chi connectivity index (χ1n) is 7.67. The van der Waals surface area contributed by atoms with Crippen LogP contribution in [0.2, 0.25) is 10.0 Å². The van der Waals surface area contributed by atoms with Crippen molar-refractivity contribution in [3.05, 3.63) is 33.3 Å². The lowest BCUT2D eigenvalue weighted by Crippen LogP contribution is -2.32. The average molecular weight is 328 g/mol. The Kier molecular flexibility index (Phi) is 5.95. The van der Waals surface area contributed by atoms with Crippen molar-refractivity contribution in [3.63, 3.8) is 0 Å². The fourth-order valence-corrected chi connectivity index (χ4v) is 3.38. The van der Waals surface area contributed by atoms with Crippen molar-refractivity contribution in [2.24, 2.45) is 11.8 Å². The minimum absolute atomic E-state index is 0.0286. The molecule has 21 heavy (non-hydrogen) atoms. The number of hydrogen-bond donors (Lipinski definition) is 1. The topological polar surface area (TPSA) is 29.1 Å². The summed E-state index contributed by atoms with van der Waals surface area (Å²) in [5.41, 5.74) is 1.84. The first-order valence-corrected chi connectivity index (χ1v) is 8.43. The van der Waals surface area contributed by atoms with Crippen molar-refractivity contribution < 1.29 is 4.79 Å². The molecule has 0 spiro atoms. The first kappa shape index (κ1) is 16.6. The SMILES string of the molecule is Cc1ccc(Cl)c(Cl)c1CC(=O)NCC1CCC(C)CC1. The number of benzene rings is 1. The molecule has 0 radical (unpaired) electrons. The fourth-order valence-electron chi connectivity index (χ4n) is 2.92. The van der Waals surface area contributed by atoms with Crippen molar-refractivity contribution in [1.29, 1.82) is 0 Å². The summed E-state index contributed by atoms with van der Waals surface area (Å²) in [5.74, 6) is 1.49. The number of aryl methyl sites for hydroxylation is 1. The summed E-state index contributed by atoms with van der Waals surface area (Å²) in [4.78, 5) is 12.1. The van der Waals surface area contributed by atoms with E-state index in [-0.39, 0.29) is 5.91 Å².